The highest BCUT2D eigenvalue weighted by atomic mass is 79.9. The maximum atomic E-state index is 14.3. The lowest BCUT2D eigenvalue weighted by Crippen LogP contribution is -2.46. The van der Waals surface area contributed by atoms with Crippen LogP contribution in [0.3, 0.4) is 0 Å². The number of carbonyl (C=O) groups excluding carboxylic acids is 2. The fourth-order valence-electron chi connectivity index (χ4n) is 5.52. The first-order valence-electron chi connectivity index (χ1n) is 11.4. The fraction of sp³-hybridized carbons (Fsp3) is 0.179. The minimum absolute atomic E-state index is 0.116. The summed E-state index contributed by atoms with van der Waals surface area (Å²) in [6.07, 6.45) is 3.60. The van der Waals surface area contributed by atoms with Gasteiger partial charge in [-0.3, -0.25) is 19.7 Å². The van der Waals surface area contributed by atoms with Crippen LogP contribution < -0.4 is 4.90 Å². The zero-order chi connectivity index (χ0) is 26.3. The lowest BCUT2D eigenvalue weighted by molar-refractivity contribution is -0.384. The summed E-state index contributed by atoms with van der Waals surface area (Å²) in [5, 5.41) is 22.1. The van der Waals surface area contributed by atoms with Crippen LogP contribution in [0.5, 0.6) is 0 Å². The van der Waals surface area contributed by atoms with E-state index in [1.54, 1.807) is 35.2 Å². The summed E-state index contributed by atoms with van der Waals surface area (Å²) in [6, 6.07) is 20.4. The number of anilines is 1. The van der Waals surface area contributed by atoms with Crippen LogP contribution >= 0.6 is 15.9 Å². The number of halogens is 1. The number of benzene rings is 3. The van der Waals surface area contributed by atoms with Crippen molar-refractivity contribution in [2.24, 2.45) is 5.41 Å². The van der Waals surface area contributed by atoms with E-state index in [0.717, 1.165) is 10.0 Å². The van der Waals surface area contributed by atoms with Crippen molar-refractivity contribution in [3.63, 3.8) is 0 Å². The first-order valence-corrected chi connectivity index (χ1v) is 12.2. The molecule has 0 aromatic heterocycles. The Hall–Kier alpha value is -4.29. The molecule has 3 aromatic rings. The van der Waals surface area contributed by atoms with E-state index in [1.165, 1.54) is 31.4 Å². The molecule has 0 saturated carbocycles. The Balaban J connectivity index is 1.81. The van der Waals surface area contributed by atoms with Crippen LogP contribution in [0, 0.1) is 26.9 Å². The molecule has 5 rings (SSSR count). The third-order valence-electron chi connectivity index (χ3n) is 7.09. The normalized spacial score (nSPS) is 23.5. The maximum Gasteiger partial charge on any atom is 0.329 e. The number of Topliss-reactive ketones (excluding diaryl/α,β-unsaturated/α-hetero) is 1. The third-order valence-corrected chi connectivity index (χ3v) is 7.62. The Labute approximate surface area is 221 Å². The summed E-state index contributed by atoms with van der Waals surface area (Å²) in [5.74, 6) is -2.13. The Kier molecular flexibility index (Phi) is 6.13. The Morgan fingerprint density at radius 3 is 2.51 bits per heavy atom. The average Bonchev–Trinajstić information content (AvgIpc) is 3.24. The number of rotatable bonds is 5. The summed E-state index contributed by atoms with van der Waals surface area (Å²) in [5.41, 5.74) is 0.225. The number of nitriles is 1. The van der Waals surface area contributed by atoms with Gasteiger partial charge >= 0.3 is 5.97 Å². The van der Waals surface area contributed by atoms with Crippen LogP contribution in [0.4, 0.5) is 11.4 Å². The summed E-state index contributed by atoms with van der Waals surface area (Å²) in [6.45, 7) is 0. The minimum Gasteiger partial charge on any atom is -0.468 e. The highest BCUT2D eigenvalue weighted by Gasteiger charge is 2.67. The second-order valence-corrected chi connectivity index (χ2v) is 9.80. The molecular weight excluding hydrogens is 538 g/mol. The molecule has 37 heavy (non-hydrogen) atoms. The average molecular weight is 558 g/mol. The van der Waals surface area contributed by atoms with E-state index in [2.05, 4.69) is 22.0 Å². The molecule has 8 nitrogen and oxygen atoms in total. The van der Waals surface area contributed by atoms with Gasteiger partial charge in [0.15, 0.2) is 11.2 Å². The van der Waals surface area contributed by atoms with Gasteiger partial charge in [-0.05, 0) is 29.3 Å². The molecule has 0 unspecified atom stereocenters. The summed E-state index contributed by atoms with van der Waals surface area (Å²) < 4.78 is 5.98. The van der Waals surface area contributed by atoms with Crippen molar-refractivity contribution in [2.45, 2.75) is 18.0 Å². The molecule has 3 aromatic carbocycles. The molecule has 0 radical (unpaired) electrons. The first-order chi connectivity index (χ1) is 17.8. The molecule has 2 aliphatic heterocycles. The predicted octanol–water partition coefficient (Wildman–Crippen LogP) is 5.29. The number of esters is 1. The van der Waals surface area contributed by atoms with Gasteiger partial charge in [0.2, 0.25) is 0 Å². The van der Waals surface area contributed by atoms with Gasteiger partial charge in [0.1, 0.15) is 6.04 Å². The Morgan fingerprint density at radius 2 is 1.84 bits per heavy atom. The molecule has 0 bridgehead atoms. The number of nitro groups is 1. The SMILES string of the molecule is COC(=O)[C@@]1(C#N)[C@@H]2C=Cc3ccccc3N2[C@H](C(=O)c2cccc([N+](=O)[O-])c2)[C@@H]1c1ccc(Br)cc1. The fourth-order valence-corrected chi connectivity index (χ4v) is 5.79. The first kappa shape index (κ1) is 24.4. The second-order valence-electron chi connectivity index (χ2n) is 8.89. The van der Waals surface area contributed by atoms with Crippen LogP contribution in [0.1, 0.15) is 27.4 Å². The van der Waals surface area contributed by atoms with Crippen molar-refractivity contribution in [1.29, 1.82) is 5.26 Å². The lowest BCUT2D eigenvalue weighted by atomic mass is 9.68. The molecule has 0 spiro atoms. The van der Waals surface area contributed by atoms with Crippen molar-refractivity contribution < 1.29 is 19.2 Å². The van der Waals surface area contributed by atoms with Crippen LogP contribution in [-0.4, -0.2) is 35.9 Å². The number of methoxy groups -OCH3 is 1. The Morgan fingerprint density at radius 1 is 1.11 bits per heavy atom. The maximum absolute atomic E-state index is 14.3. The van der Waals surface area contributed by atoms with Crippen LogP contribution in [0.15, 0.2) is 83.3 Å². The van der Waals surface area contributed by atoms with Gasteiger partial charge < -0.3 is 9.64 Å². The topological polar surface area (TPSA) is 114 Å². The van der Waals surface area contributed by atoms with Crippen LogP contribution in [0.2, 0.25) is 0 Å². The number of fused-ring (bicyclic) bond motifs is 3. The number of ether oxygens (including phenoxy) is 1. The van der Waals surface area contributed by atoms with Crippen molar-refractivity contribution in [1.82, 2.24) is 0 Å². The van der Waals surface area contributed by atoms with Gasteiger partial charge in [0, 0.05) is 33.8 Å². The van der Waals surface area contributed by atoms with Crippen molar-refractivity contribution in [3.8, 4) is 6.07 Å². The Bertz CT molecular complexity index is 1500. The molecule has 1 saturated heterocycles. The molecule has 2 heterocycles. The van der Waals surface area contributed by atoms with E-state index in [4.69, 9.17) is 4.74 Å². The second kappa shape index (κ2) is 9.30. The number of para-hydroxylation sites is 1. The number of hydrogen-bond acceptors (Lipinski definition) is 7. The zero-order valence-electron chi connectivity index (χ0n) is 19.6. The largest absolute Gasteiger partial charge is 0.468 e. The number of non-ortho nitro benzene ring substituents is 1. The summed E-state index contributed by atoms with van der Waals surface area (Å²) in [4.78, 5) is 40.5. The van der Waals surface area contributed by atoms with Gasteiger partial charge in [0.25, 0.3) is 5.69 Å². The number of ketones is 1. The van der Waals surface area contributed by atoms with Crippen LogP contribution in [-0.2, 0) is 9.53 Å². The molecule has 184 valence electrons. The van der Waals surface area contributed by atoms with E-state index in [9.17, 15) is 25.0 Å². The molecule has 0 amide bonds. The molecule has 0 N–H and O–H groups in total. The minimum atomic E-state index is -1.77. The van der Waals surface area contributed by atoms with E-state index in [-0.39, 0.29) is 11.3 Å². The number of nitrogens with zero attached hydrogens (tertiary/aromatic N) is 3. The van der Waals surface area contributed by atoms with Gasteiger partial charge in [-0.1, -0.05) is 70.5 Å². The smallest absolute Gasteiger partial charge is 0.329 e. The van der Waals surface area contributed by atoms with Crippen molar-refractivity contribution in [3.05, 3.63) is 110 Å². The van der Waals surface area contributed by atoms with E-state index < -0.39 is 40.1 Å². The predicted molar refractivity (Wildman–Crippen MR) is 140 cm³/mol. The molecule has 9 heteroatoms. The van der Waals surface area contributed by atoms with Gasteiger partial charge in [-0.2, -0.15) is 5.26 Å². The van der Waals surface area contributed by atoms with Crippen LogP contribution in [0.25, 0.3) is 6.08 Å². The van der Waals surface area contributed by atoms with E-state index in [0.29, 0.717) is 11.3 Å². The zero-order valence-corrected chi connectivity index (χ0v) is 21.2. The third kappa shape index (κ3) is 3.72. The highest BCUT2D eigenvalue weighted by Crippen LogP contribution is 2.56. The molecule has 2 aliphatic rings. The monoisotopic (exact) mass is 557 g/mol. The van der Waals surface area contributed by atoms with E-state index in [1.807, 2.05) is 30.3 Å². The molecule has 4 atom stereocenters. The van der Waals surface area contributed by atoms with Gasteiger partial charge in [0.05, 0.1) is 24.1 Å². The molecule has 1 fully saturated rings. The standard InChI is InChI=1S/C28H20BrN3O5/c1-37-27(34)28(16-30)23-14-11-17-5-2-3-8-22(17)31(23)25(24(28)18-9-12-20(29)13-10-18)26(33)19-6-4-7-21(15-19)32(35)36/h2-15,23-25H,1H3/t23-,24-,25-,28-/m0/s1. The van der Waals surface area contributed by atoms with Crippen molar-refractivity contribution in [2.75, 3.05) is 12.0 Å². The summed E-state index contributed by atoms with van der Waals surface area (Å²) >= 11 is 3.42. The quantitative estimate of drug-likeness (QED) is 0.181. The number of nitro benzene ring substituents is 1. The van der Waals surface area contributed by atoms with Crippen molar-refractivity contribution >= 4 is 45.1 Å². The molecule has 0 aliphatic carbocycles. The van der Waals surface area contributed by atoms with E-state index >= 15 is 0 Å². The van der Waals surface area contributed by atoms with Gasteiger partial charge in [-0.25, -0.2) is 0 Å². The lowest BCUT2D eigenvalue weighted by Gasteiger charge is -2.36. The van der Waals surface area contributed by atoms with Gasteiger partial charge in [-0.15, -0.1) is 0 Å². The summed E-state index contributed by atoms with van der Waals surface area (Å²) in [7, 11) is 1.22. The highest BCUT2D eigenvalue weighted by molar-refractivity contribution is 9.10. The molecular formula is C28H20BrN3O5. The number of carbonyl (C=O) groups is 2. The number of hydrogen-bond donors (Lipinski definition) is 0.